The predicted octanol–water partition coefficient (Wildman–Crippen LogP) is 3.73. The third kappa shape index (κ3) is 5.37. The fourth-order valence-corrected chi connectivity index (χ4v) is 1.53. The molecule has 1 rings (SSSR count). The molecule has 6 heteroatoms. The van der Waals surface area contributed by atoms with Crippen LogP contribution in [0.4, 0.5) is 17.6 Å². The number of benzene rings is 1. The van der Waals surface area contributed by atoms with Crippen molar-refractivity contribution in [2.75, 3.05) is 0 Å². The molecule has 1 atom stereocenters. The number of rotatable bonds is 4. The van der Waals surface area contributed by atoms with Gasteiger partial charge in [0.15, 0.2) is 0 Å². The van der Waals surface area contributed by atoms with Crippen LogP contribution < -0.4 is 0 Å². The smallest absolute Gasteiger partial charge is 0.389 e. The van der Waals surface area contributed by atoms with Gasteiger partial charge in [-0.15, -0.1) is 0 Å². The summed E-state index contributed by atoms with van der Waals surface area (Å²) in [5.74, 6) is -0.622. The Labute approximate surface area is 101 Å². The van der Waals surface area contributed by atoms with Crippen LogP contribution in [0.2, 0.25) is 5.02 Å². The first-order valence-electron chi connectivity index (χ1n) is 4.96. The van der Waals surface area contributed by atoms with Crippen LogP contribution in [0.25, 0.3) is 0 Å². The van der Waals surface area contributed by atoms with Gasteiger partial charge in [0, 0.05) is 17.9 Å². The van der Waals surface area contributed by atoms with E-state index in [4.69, 9.17) is 11.6 Å². The van der Waals surface area contributed by atoms with Gasteiger partial charge in [0.05, 0.1) is 6.10 Å². The van der Waals surface area contributed by atoms with Gasteiger partial charge >= 0.3 is 6.18 Å². The SMILES string of the molecule is OC(CCC(F)(F)F)Cc1ccc(Cl)cc1F. The predicted molar refractivity (Wildman–Crippen MR) is 56.4 cm³/mol. The second kappa shape index (κ2) is 5.69. The van der Waals surface area contributed by atoms with E-state index in [1.165, 1.54) is 12.1 Å². The summed E-state index contributed by atoms with van der Waals surface area (Å²) in [6.07, 6.45) is -7.19. The number of aliphatic hydroxyl groups is 1. The maximum absolute atomic E-state index is 13.3. The number of hydrogen-bond donors (Lipinski definition) is 1. The minimum atomic E-state index is -4.31. The average Bonchev–Trinajstić information content (AvgIpc) is 2.18. The molecule has 0 amide bonds. The van der Waals surface area contributed by atoms with Gasteiger partial charge < -0.3 is 5.11 Å². The molecule has 0 saturated carbocycles. The summed E-state index contributed by atoms with van der Waals surface area (Å²) in [7, 11) is 0. The van der Waals surface area contributed by atoms with Crippen molar-refractivity contribution in [3.63, 3.8) is 0 Å². The van der Waals surface area contributed by atoms with Crippen molar-refractivity contribution >= 4 is 11.6 Å². The normalized spacial score (nSPS) is 13.8. The largest absolute Gasteiger partial charge is 0.393 e. The van der Waals surface area contributed by atoms with E-state index in [1.807, 2.05) is 0 Å². The summed E-state index contributed by atoms with van der Waals surface area (Å²) in [6.45, 7) is 0. The van der Waals surface area contributed by atoms with Crippen LogP contribution in [0.15, 0.2) is 18.2 Å². The molecule has 96 valence electrons. The molecular formula is C11H11ClF4O. The lowest BCUT2D eigenvalue weighted by Gasteiger charge is -2.12. The number of alkyl halides is 3. The summed E-state index contributed by atoms with van der Waals surface area (Å²) < 4.78 is 48.9. The van der Waals surface area contributed by atoms with Crippen molar-refractivity contribution < 1.29 is 22.7 Å². The van der Waals surface area contributed by atoms with Gasteiger partial charge in [0.1, 0.15) is 5.82 Å². The molecule has 1 N–H and O–H groups in total. The van der Waals surface area contributed by atoms with E-state index in [-0.39, 0.29) is 17.0 Å². The molecular weight excluding hydrogens is 260 g/mol. The lowest BCUT2D eigenvalue weighted by atomic mass is 10.0. The van der Waals surface area contributed by atoms with Crippen molar-refractivity contribution in [2.24, 2.45) is 0 Å². The fourth-order valence-electron chi connectivity index (χ4n) is 1.37. The van der Waals surface area contributed by atoms with Crippen LogP contribution >= 0.6 is 11.6 Å². The first-order valence-corrected chi connectivity index (χ1v) is 5.34. The summed E-state index contributed by atoms with van der Waals surface area (Å²) in [5, 5.41) is 9.56. The van der Waals surface area contributed by atoms with Gasteiger partial charge in [-0.05, 0) is 24.1 Å². The average molecular weight is 271 g/mol. The first-order chi connectivity index (χ1) is 7.78. The zero-order valence-corrected chi connectivity index (χ0v) is 9.52. The van der Waals surface area contributed by atoms with E-state index in [0.717, 1.165) is 6.07 Å². The third-order valence-electron chi connectivity index (χ3n) is 2.23. The maximum Gasteiger partial charge on any atom is 0.389 e. The standard InChI is InChI=1S/C11H11ClF4O/c12-8-2-1-7(10(13)6-8)5-9(17)3-4-11(14,15)16/h1-2,6,9,17H,3-5H2. The summed E-state index contributed by atoms with van der Waals surface area (Å²) in [4.78, 5) is 0. The fraction of sp³-hybridized carbons (Fsp3) is 0.455. The highest BCUT2D eigenvalue weighted by Crippen LogP contribution is 2.24. The van der Waals surface area contributed by atoms with Gasteiger partial charge in [0.2, 0.25) is 0 Å². The van der Waals surface area contributed by atoms with E-state index in [0.29, 0.717) is 0 Å². The number of hydrogen-bond acceptors (Lipinski definition) is 1. The molecule has 0 saturated heterocycles. The van der Waals surface area contributed by atoms with Crippen molar-refractivity contribution in [3.8, 4) is 0 Å². The summed E-state index contributed by atoms with van der Waals surface area (Å²) in [5.41, 5.74) is 0.157. The van der Waals surface area contributed by atoms with Crippen molar-refractivity contribution in [2.45, 2.75) is 31.5 Å². The van der Waals surface area contributed by atoms with E-state index < -0.39 is 30.9 Å². The Balaban J connectivity index is 2.53. The number of halogens is 5. The monoisotopic (exact) mass is 270 g/mol. The molecule has 1 nitrogen and oxygen atoms in total. The zero-order chi connectivity index (χ0) is 13.1. The summed E-state index contributed by atoms with van der Waals surface area (Å²) in [6, 6.07) is 3.85. The second-order valence-electron chi connectivity index (χ2n) is 3.75. The molecule has 0 aromatic heterocycles. The highest BCUT2D eigenvalue weighted by molar-refractivity contribution is 6.30. The van der Waals surface area contributed by atoms with E-state index in [1.54, 1.807) is 0 Å². The molecule has 0 aliphatic rings. The van der Waals surface area contributed by atoms with E-state index >= 15 is 0 Å². The first kappa shape index (κ1) is 14.3. The molecule has 0 spiro atoms. The lowest BCUT2D eigenvalue weighted by Crippen LogP contribution is -2.16. The van der Waals surface area contributed by atoms with Crippen LogP contribution in [0, 0.1) is 5.82 Å². The third-order valence-corrected chi connectivity index (χ3v) is 2.47. The Kier molecular flexibility index (Phi) is 4.77. The second-order valence-corrected chi connectivity index (χ2v) is 4.18. The topological polar surface area (TPSA) is 20.2 Å². The maximum atomic E-state index is 13.3. The molecule has 0 radical (unpaired) electrons. The van der Waals surface area contributed by atoms with Crippen LogP contribution in [0.1, 0.15) is 18.4 Å². The van der Waals surface area contributed by atoms with Crippen molar-refractivity contribution in [1.29, 1.82) is 0 Å². The molecule has 0 aliphatic heterocycles. The molecule has 0 fully saturated rings. The Bertz CT molecular complexity index is 378. The highest BCUT2D eigenvalue weighted by Gasteiger charge is 2.28. The Morgan fingerprint density at radius 2 is 1.94 bits per heavy atom. The van der Waals surface area contributed by atoms with Gasteiger partial charge in [0.25, 0.3) is 0 Å². The van der Waals surface area contributed by atoms with Gasteiger partial charge in [-0.2, -0.15) is 13.2 Å². The molecule has 0 heterocycles. The molecule has 0 bridgehead atoms. The van der Waals surface area contributed by atoms with Gasteiger partial charge in [-0.3, -0.25) is 0 Å². The van der Waals surface area contributed by atoms with E-state index in [9.17, 15) is 22.7 Å². The molecule has 1 aromatic carbocycles. The Morgan fingerprint density at radius 1 is 1.29 bits per heavy atom. The highest BCUT2D eigenvalue weighted by atomic mass is 35.5. The lowest BCUT2D eigenvalue weighted by molar-refractivity contribution is -0.139. The minimum Gasteiger partial charge on any atom is -0.393 e. The quantitative estimate of drug-likeness (QED) is 0.827. The van der Waals surface area contributed by atoms with E-state index in [2.05, 4.69) is 0 Å². The van der Waals surface area contributed by atoms with Gasteiger partial charge in [-0.1, -0.05) is 17.7 Å². The zero-order valence-electron chi connectivity index (χ0n) is 8.77. The summed E-state index contributed by atoms with van der Waals surface area (Å²) >= 11 is 5.52. The van der Waals surface area contributed by atoms with Crippen molar-refractivity contribution in [3.05, 3.63) is 34.6 Å². The Morgan fingerprint density at radius 3 is 2.47 bits per heavy atom. The Hall–Kier alpha value is -0.810. The minimum absolute atomic E-state index is 0.154. The number of aliphatic hydroxyl groups excluding tert-OH is 1. The molecule has 1 aromatic rings. The molecule has 0 aliphatic carbocycles. The van der Waals surface area contributed by atoms with Crippen LogP contribution in [-0.2, 0) is 6.42 Å². The molecule has 1 unspecified atom stereocenters. The van der Waals surface area contributed by atoms with Crippen LogP contribution in [0.5, 0.6) is 0 Å². The molecule has 17 heavy (non-hydrogen) atoms. The van der Waals surface area contributed by atoms with Gasteiger partial charge in [-0.25, -0.2) is 4.39 Å². The van der Waals surface area contributed by atoms with Crippen LogP contribution in [-0.4, -0.2) is 17.4 Å². The van der Waals surface area contributed by atoms with Crippen LogP contribution in [0.3, 0.4) is 0 Å². The van der Waals surface area contributed by atoms with Crippen molar-refractivity contribution in [1.82, 2.24) is 0 Å².